The number of carbonyl (C=O) groups is 2. The highest BCUT2D eigenvalue weighted by atomic mass is 16.5. The largest absolute Gasteiger partial charge is 0.379 e. The molecular formula is C15H19N3O3. The zero-order valence-corrected chi connectivity index (χ0v) is 11.9. The van der Waals surface area contributed by atoms with Crippen LogP contribution in [0.1, 0.15) is 15.9 Å². The first-order valence-electron chi connectivity index (χ1n) is 7.23. The highest BCUT2D eigenvalue weighted by Gasteiger charge is 2.19. The predicted molar refractivity (Wildman–Crippen MR) is 78.4 cm³/mol. The molecule has 2 aliphatic rings. The molecule has 0 aromatic heterocycles. The van der Waals surface area contributed by atoms with E-state index in [9.17, 15) is 9.59 Å². The maximum Gasteiger partial charge on any atom is 0.251 e. The van der Waals surface area contributed by atoms with Crippen LogP contribution < -0.4 is 10.6 Å². The van der Waals surface area contributed by atoms with Crippen molar-refractivity contribution in [2.24, 2.45) is 0 Å². The van der Waals surface area contributed by atoms with Crippen molar-refractivity contribution < 1.29 is 14.3 Å². The number of ether oxygens (including phenoxy) is 1. The second-order valence-corrected chi connectivity index (χ2v) is 5.31. The summed E-state index contributed by atoms with van der Waals surface area (Å²) >= 11 is 0. The quantitative estimate of drug-likeness (QED) is 0.833. The number of benzene rings is 1. The van der Waals surface area contributed by atoms with Crippen LogP contribution in [-0.4, -0.2) is 56.1 Å². The minimum atomic E-state index is -0.104. The second-order valence-electron chi connectivity index (χ2n) is 5.31. The molecule has 0 saturated carbocycles. The van der Waals surface area contributed by atoms with Crippen molar-refractivity contribution in [3.63, 3.8) is 0 Å². The second kappa shape index (κ2) is 6.24. The predicted octanol–water partition coefficient (Wildman–Crippen LogP) is 0.243. The molecule has 2 N–H and O–H groups in total. The Bertz CT molecular complexity index is 553. The van der Waals surface area contributed by atoms with Crippen molar-refractivity contribution in [1.82, 2.24) is 10.2 Å². The summed E-state index contributed by atoms with van der Waals surface area (Å²) in [6.07, 6.45) is 0.397. The van der Waals surface area contributed by atoms with Crippen LogP contribution in [0.4, 0.5) is 5.69 Å². The summed E-state index contributed by atoms with van der Waals surface area (Å²) in [6, 6.07) is 5.34. The molecule has 2 aliphatic heterocycles. The first kappa shape index (κ1) is 14.0. The van der Waals surface area contributed by atoms with Crippen LogP contribution >= 0.6 is 0 Å². The Labute approximate surface area is 123 Å². The van der Waals surface area contributed by atoms with E-state index in [1.165, 1.54) is 0 Å². The highest BCUT2D eigenvalue weighted by molar-refractivity contribution is 6.02. The number of nitrogens with one attached hydrogen (secondary N) is 2. The molecule has 2 heterocycles. The van der Waals surface area contributed by atoms with Gasteiger partial charge in [0, 0.05) is 37.4 Å². The van der Waals surface area contributed by atoms with Crippen LogP contribution in [0.25, 0.3) is 0 Å². The van der Waals surface area contributed by atoms with Crippen LogP contribution in [0, 0.1) is 0 Å². The zero-order valence-electron chi connectivity index (χ0n) is 11.9. The van der Waals surface area contributed by atoms with Crippen molar-refractivity contribution in [1.29, 1.82) is 0 Å². The molecule has 3 rings (SSSR count). The number of fused-ring (bicyclic) bond motifs is 1. The van der Waals surface area contributed by atoms with Gasteiger partial charge in [0.1, 0.15) is 0 Å². The van der Waals surface area contributed by atoms with Crippen LogP contribution in [0.15, 0.2) is 18.2 Å². The molecule has 1 aromatic rings. The summed E-state index contributed by atoms with van der Waals surface area (Å²) in [6.45, 7) is 4.80. The maximum absolute atomic E-state index is 12.1. The van der Waals surface area contributed by atoms with Crippen LogP contribution in [-0.2, 0) is 16.0 Å². The van der Waals surface area contributed by atoms with E-state index >= 15 is 0 Å². The first-order chi connectivity index (χ1) is 10.2. The maximum atomic E-state index is 12.1. The van der Waals surface area contributed by atoms with Gasteiger partial charge in [0.2, 0.25) is 5.91 Å². The van der Waals surface area contributed by atoms with E-state index in [4.69, 9.17) is 4.74 Å². The lowest BCUT2D eigenvalue weighted by molar-refractivity contribution is -0.115. The van der Waals surface area contributed by atoms with Crippen molar-refractivity contribution in [3.8, 4) is 0 Å². The number of nitrogens with zero attached hydrogens (tertiary/aromatic N) is 1. The van der Waals surface area contributed by atoms with Gasteiger partial charge in [-0.25, -0.2) is 0 Å². The Hall–Kier alpha value is -1.92. The number of morpholine rings is 1. The van der Waals surface area contributed by atoms with Gasteiger partial charge in [-0.15, -0.1) is 0 Å². The topological polar surface area (TPSA) is 70.7 Å². The number of anilines is 1. The summed E-state index contributed by atoms with van der Waals surface area (Å²) in [5.74, 6) is -0.123. The Kier molecular flexibility index (Phi) is 4.17. The molecule has 0 atom stereocenters. The summed E-state index contributed by atoms with van der Waals surface area (Å²) in [7, 11) is 0. The minimum absolute atomic E-state index is 0.0186. The average molecular weight is 289 g/mol. The lowest BCUT2D eigenvalue weighted by Gasteiger charge is -2.26. The molecule has 6 nitrogen and oxygen atoms in total. The Balaban J connectivity index is 1.51. The van der Waals surface area contributed by atoms with Crippen molar-refractivity contribution in [2.75, 3.05) is 44.7 Å². The van der Waals surface area contributed by atoms with Gasteiger partial charge in [-0.1, -0.05) is 6.07 Å². The molecule has 112 valence electrons. The minimum Gasteiger partial charge on any atom is -0.379 e. The third-order valence-electron chi connectivity index (χ3n) is 3.81. The molecule has 6 heteroatoms. The van der Waals surface area contributed by atoms with Crippen molar-refractivity contribution in [2.45, 2.75) is 6.42 Å². The van der Waals surface area contributed by atoms with Gasteiger partial charge in [-0.05, 0) is 17.7 Å². The fraction of sp³-hybridized carbons (Fsp3) is 0.467. The number of rotatable bonds is 4. The summed E-state index contributed by atoms with van der Waals surface area (Å²) in [4.78, 5) is 25.7. The lowest BCUT2D eigenvalue weighted by atomic mass is 10.1. The first-order valence-corrected chi connectivity index (χ1v) is 7.23. The number of amides is 2. The van der Waals surface area contributed by atoms with E-state index in [0.717, 1.165) is 44.1 Å². The van der Waals surface area contributed by atoms with Gasteiger partial charge in [0.25, 0.3) is 5.91 Å². The van der Waals surface area contributed by atoms with E-state index in [1.807, 2.05) is 6.07 Å². The normalized spacial score (nSPS) is 18.2. The Morgan fingerprint density at radius 2 is 2.14 bits per heavy atom. The zero-order chi connectivity index (χ0) is 14.7. The third kappa shape index (κ3) is 3.40. The van der Waals surface area contributed by atoms with Crippen LogP contribution in [0.5, 0.6) is 0 Å². The summed E-state index contributed by atoms with van der Waals surface area (Å²) in [5, 5.41) is 5.67. The van der Waals surface area contributed by atoms with Gasteiger partial charge >= 0.3 is 0 Å². The third-order valence-corrected chi connectivity index (χ3v) is 3.81. The molecular weight excluding hydrogens is 270 g/mol. The van der Waals surface area contributed by atoms with E-state index in [0.29, 0.717) is 18.5 Å². The van der Waals surface area contributed by atoms with Gasteiger partial charge in [-0.3, -0.25) is 14.5 Å². The standard InChI is InChI=1S/C15H19N3O3/c19-14-10-11-1-2-12(9-13(11)17-14)15(20)16-3-4-18-5-7-21-8-6-18/h1-2,9H,3-8,10H2,(H,16,20)(H,17,19). The molecule has 1 saturated heterocycles. The average Bonchev–Trinajstić information content (AvgIpc) is 2.87. The summed E-state index contributed by atoms with van der Waals surface area (Å²) in [5.41, 5.74) is 2.28. The molecule has 1 aromatic carbocycles. The van der Waals surface area contributed by atoms with Crippen LogP contribution in [0.3, 0.4) is 0 Å². The molecule has 2 amide bonds. The number of carbonyl (C=O) groups excluding carboxylic acids is 2. The van der Waals surface area contributed by atoms with E-state index in [2.05, 4.69) is 15.5 Å². The van der Waals surface area contributed by atoms with Crippen molar-refractivity contribution in [3.05, 3.63) is 29.3 Å². The van der Waals surface area contributed by atoms with E-state index in [-0.39, 0.29) is 11.8 Å². The van der Waals surface area contributed by atoms with Gasteiger partial charge < -0.3 is 15.4 Å². The van der Waals surface area contributed by atoms with Crippen LogP contribution in [0.2, 0.25) is 0 Å². The molecule has 0 radical (unpaired) electrons. The van der Waals surface area contributed by atoms with Gasteiger partial charge in [0.05, 0.1) is 19.6 Å². The summed E-state index contributed by atoms with van der Waals surface area (Å²) < 4.78 is 5.28. The van der Waals surface area contributed by atoms with E-state index in [1.54, 1.807) is 12.1 Å². The molecule has 1 fully saturated rings. The Morgan fingerprint density at radius 3 is 2.95 bits per heavy atom. The highest BCUT2D eigenvalue weighted by Crippen LogP contribution is 2.23. The molecule has 0 unspecified atom stereocenters. The lowest BCUT2D eigenvalue weighted by Crippen LogP contribution is -2.41. The fourth-order valence-corrected chi connectivity index (χ4v) is 2.61. The van der Waals surface area contributed by atoms with Crippen molar-refractivity contribution >= 4 is 17.5 Å². The smallest absolute Gasteiger partial charge is 0.251 e. The fourth-order valence-electron chi connectivity index (χ4n) is 2.61. The van der Waals surface area contributed by atoms with Gasteiger partial charge in [-0.2, -0.15) is 0 Å². The monoisotopic (exact) mass is 289 g/mol. The molecule has 0 spiro atoms. The number of hydrogen-bond donors (Lipinski definition) is 2. The SMILES string of the molecule is O=C1Cc2ccc(C(=O)NCCN3CCOCC3)cc2N1. The van der Waals surface area contributed by atoms with E-state index < -0.39 is 0 Å². The Morgan fingerprint density at radius 1 is 1.33 bits per heavy atom. The van der Waals surface area contributed by atoms with Gasteiger partial charge in [0.15, 0.2) is 0 Å². The number of hydrogen-bond acceptors (Lipinski definition) is 4. The molecule has 21 heavy (non-hydrogen) atoms. The molecule has 0 aliphatic carbocycles. The molecule has 0 bridgehead atoms.